The van der Waals surface area contributed by atoms with E-state index < -0.39 is 0 Å². The molecule has 0 saturated carbocycles. The Morgan fingerprint density at radius 2 is 1.71 bits per heavy atom. The van der Waals surface area contributed by atoms with Crippen LogP contribution in [0.1, 0.15) is 25.7 Å². The molecule has 1 aromatic rings. The molecule has 0 fully saturated rings. The molecule has 21 heavy (non-hydrogen) atoms. The van der Waals surface area contributed by atoms with Gasteiger partial charge in [0.1, 0.15) is 12.7 Å². The van der Waals surface area contributed by atoms with E-state index in [4.69, 9.17) is 0 Å². The van der Waals surface area contributed by atoms with Crippen LogP contribution in [0.15, 0.2) is 17.6 Å². The minimum atomic E-state index is 0. The second-order valence-electron chi connectivity index (χ2n) is 4.53. The summed E-state index contributed by atoms with van der Waals surface area (Å²) in [4.78, 5) is 4.22. The number of aromatic nitrogens is 3. The number of aryl methyl sites for hydroxylation is 1. The van der Waals surface area contributed by atoms with Crippen molar-refractivity contribution in [2.75, 3.05) is 32.1 Å². The standard InChI is InChI=1S/C13H26N6S.HI/c1-14-13(16-8-4-6-10-20-2)15-7-3-5-9-19-11-17-18-12-19;/h11-12H,3-10H2,1-2H3,(H2,14,15,16);1H. The van der Waals surface area contributed by atoms with E-state index in [1.54, 1.807) is 12.7 Å². The maximum atomic E-state index is 4.22. The summed E-state index contributed by atoms with van der Waals surface area (Å²) in [5.41, 5.74) is 0. The lowest BCUT2D eigenvalue weighted by Crippen LogP contribution is -2.38. The van der Waals surface area contributed by atoms with E-state index in [1.807, 2.05) is 23.4 Å². The van der Waals surface area contributed by atoms with Gasteiger partial charge in [0.15, 0.2) is 5.96 Å². The highest BCUT2D eigenvalue weighted by Crippen LogP contribution is 1.97. The Kier molecular flexibility index (Phi) is 14.1. The molecular formula is C13H27IN6S. The molecule has 0 aliphatic heterocycles. The van der Waals surface area contributed by atoms with Crippen LogP contribution < -0.4 is 10.6 Å². The highest BCUT2D eigenvalue weighted by molar-refractivity contribution is 14.0. The van der Waals surface area contributed by atoms with E-state index in [0.717, 1.165) is 38.4 Å². The van der Waals surface area contributed by atoms with Gasteiger partial charge in [-0.25, -0.2) is 0 Å². The fraction of sp³-hybridized carbons (Fsp3) is 0.769. The van der Waals surface area contributed by atoms with Gasteiger partial charge in [0.25, 0.3) is 0 Å². The topological polar surface area (TPSA) is 67.1 Å². The van der Waals surface area contributed by atoms with Gasteiger partial charge in [-0.2, -0.15) is 11.8 Å². The van der Waals surface area contributed by atoms with Crippen molar-refractivity contribution in [2.45, 2.75) is 32.2 Å². The number of rotatable bonds is 10. The zero-order chi connectivity index (χ0) is 14.5. The van der Waals surface area contributed by atoms with E-state index in [9.17, 15) is 0 Å². The van der Waals surface area contributed by atoms with Crippen LogP contribution in [-0.4, -0.2) is 52.9 Å². The van der Waals surface area contributed by atoms with Crippen molar-refractivity contribution in [3.05, 3.63) is 12.7 Å². The molecule has 1 rings (SSSR count). The number of thioether (sulfide) groups is 1. The first-order chi connectivity index (χ1) is 9.86. The number of hydrogen-bond donors (Lipinski definition) is 2. The maximum Gasteiger partial charge on any atom is 0.190 e. The van der Waals surface area contributed by atoms with Gasteiger partial charge in [0.05, 0.1) is 0 Å². The minimum Gasteiger partial charge on any atom is -0.356 e. The smallest absolute Gasteiger partial charge is 0.190 e. The Morgan fingerprint density at radius 3 is 2.29 bits per heavy atom. The molecule has 8 heteroatoms. The molecule has 0 spiro atoms. The highest BCUT2D eigenvalue weighted by Gasteiger charge is 1.97. The molecule has 0 saturated heterocycles. The van der Waals surface area contributed by atoms with Crippen molar-refractivity contribution in [3.63, 3.8) is 0 Å². The Hall–Kier alpha value is -0.510. The molecule has 0 aromatic carbocycles. The third-order valence-electron chi connectivity index (χ3n) is 2.89. The number of hydrogen-bond acceptors (Lipinski definition) is 4. The molecule has 0 aliphatic carbocycles. The van der Waals surface area contributed by atoms with Gasteiger partial charge < -0.3 is 15.2 Å². The molecule has 6 nitrogen and oxygen atoms in total. The summed E-state index contributed by atoms with van der Waals surface area (Å²) < 4.78 is 2.00. The first-order valence-corrected chi connectivity index (χ1v) is 8.52. The van der Waals surface area contributed by atoms with Crippen LogP contribution >= 0.6 is 35.7 Å². The van der Waals surface area contributed by atoms with Gasteiger partial charge in [0.2, 0.25) is 0 Å². The van der Waals surface area contributed by atoms with Gasteiger partial charge in [-0.1, -0.05) is 0 Å². The van der Waals surface area contributed by atoms with Gasteiger partial charge in [-0.15, -0.1) is 34.2 Å². The number of guanidine groups is 1. The SMILES string of the molecule is CN=C(NCCCCSC)NCCCCn1cnnc1.I. The summed E-state index contributed by atoms with van der Waals surface area (Å²) in [5, 5.41) is 14.2. The Balaban J connectivity index is 0.00000400. The molecule has 1 aromatic heterocycles. The second kappa shape index (κ2) is 14.4. The van der Waals surface area contributed by atoms with Gasteiger partial charge in [-0.05, 0) is 37.7 Å². The lowest BCUT2D eigenvalue weighted by Gasteiger charge is -2.11. The van der Waals surface area contributed by atoms with Crippen molar-refractivity contribution in [1.29, 1.82) is 0 Å². The fourth-order valence-corrected chi connectivity index (χ4v) is 2.26. The van der Waals surface area contributed by atoms with Gasteiger partial charge in [-0.3, -0.25) is 4.99 Å². The first-order valence-electron chi connectivity index (χ1n) is 7.12. The van der Waals surface area contributed by atoms with Crippen LogP contribution in [0.3, 0.4) is 0 Å². The molecule has 0 amide bonds. The molecule has 2 N–H and O–H groups in total. The first kappa shape index (κ1) is 20.5. The van der Waals surface area contributed by atoms with Crippen LogP contribution in [0.2, 0.25) is 0 Å². The van der Waals surface area contributed by atoms with Crippen LogP contribution in [0.25, 0.3) is 0 Å². The lowest BCUT2D eigenvalue weighted by atomic mass is 10.3. The monoisotopic (exact) mass is 426 g/mol. The van der Waals surface area contributed by atoms with E-state index in [2.05, 4.69) is 32.1 Å². The zero-order valence-electron chi connectivity index (χ0n) is 12.9. The predicted octanol–water partition coefficient (Wildman–Crippen LogP) is 1.98. The maximum absolute atomic E-state index is 4.22. The molecule has 1 heterocycles. The molecule has 122 valence electrons. The summed E-state index contributed by atoms with van der Waals surface area (Å²) in [5.74, 6) is 2.13. The van der Waals surface area contributed by atoms with Crippen molar-refractivity contribution < 1.29 is 0 Å². The number of aliphatic imine (C=N–C) groups is 1. The summed E-state index contributed by atoms with van der Waals surface area (Å²) in [6.07, 6.45) is 10.3. The summed E-state index contributed by atoms with van der Waals surface area (Å²) >= 11 is 1.90. The number of unbranched alkanes of at least 4 members (excludes halogenated alkanes) is 2. The highest BCUT2D eigenvalue weighted by atomic mass is 127. The molecule has 0 bridgehead atoms. The summed E-state index contributed by atoms with van der Waals surface area (Å²) in [6.45, 7) is 2.89. The van der Waals surface area contributed by atoms with Crippen LogP contribution in [-0.2, 0) is 6.54 Å². The van der Waals surface area contributed by atoms with Crippen molar-refractivity contribution >= 4 is 41.7 Å². The van der Waals surface area contributed by atoms with Crippen LogP contribution in [0.4, 0.5) is 0 Å². The Labute approximate surface area is 149 Å². The van der Waals surface area contributed by atoms with Crippen molar-refractivity contribution in [3.8, 4) is 0 Å². The quantitative estimate of drug-likeness (QED) is 0.259. The molecule has 0 atom stereocenters. The Morgan fingerprint density at radius 1 is 1.10 bits per heavy atom. The third kappa shape index (κ3) is 10.8. The predicted molar refractivity (Wildman–Crippen MR) is 102 cm³/mol. The minimum absolute atomic E-state index is 0. The van der Waals surface area contributed by atoms with E-state index in [-0.39, 0.29) is 24.0 Å². The molecular weight excluding hydrogens is 399 g/mol. The Bertz CT molecular complexity index is 358. The summed E-state index contributed by atoms with van der Waals surface area (Å²) in [7, 11) is 1.81. The summed E-state index contributed by atoms with van der Waals surface area (Å²) in [6, 6.07) is 0. The second-order valence-corrected chi connectivity index (χ2v) is 5.52. The van der Waals surface area contributed by atoms with E-state index >= 15 is 0 Å². The van der Waals surface area contributed by atoms with Crippen molar-refractivity contribution in [1.82, 2.24) is 25.4 Å². The van der Waals surface area contributed by atoms with Gasteiger partial charge >= 0.3 is 0 Å². The largest absolute Gasteiger partial charge is 0.356 e. The van der Waals surface area contributed by atoms with Crippen molar-refractivity contribution in [2.24, 2.45) is 4.99 Å². The van der Waals surface area contributed by atoms with Crippen LogP contribution in [0, 0.1) is 0 Å². The van der Waals surface area contributed by atoms with Gasteiger partial charge in [0, 0.05) is 26.7 Å². The third-order valence-corrected chi connectivity index (χ3v) is 3.59. The number of nitrogens with zero attached hydrogens (tertiary/aromatic N) is 4. The lowest BCUT2D eigenvalue weighted by molar-refractivity contribution is 0.597. The molecule has 0 radical (unpaired) electrons. The normalized spacial score (nSPS) is 11.0. The average molecular weight is 426 g/mol. The van der Waals surface area contributed by atoms with Crippen LogP contribution in [0.5, 0.6) is 0 Å². The van der Waals surface area contributed by atoms with E-state index in [1.165, 1.54) is 18.6 Å². The fourth-order valence-electron chi connectivity index (χ4n) is 1.76. The van der Waals surface area contributed by atoms with E-state index in [0.29, 0.717) is 0 Å². The average Bonchev–Trinajstić information content (AvgIpc) is 2.97. The zero-order valence-corrected chi connectivity index (χ0v) is 16.1. The molecule has 0 unspecified atom stereocenters. The molecule has 0 aliphatic rings. The number of halogens is 1. The number of nitrogens with one attached hydrogen (secondary N) is 2.